The molecule has 1 heterocycles. The van der Waals surface area contributed by atoms with Crippen molar-refractivity contribution in [3.8, 4) is 0 Å². The summed E-state index contributed by atoms with van der Waals surface area (Å²) >= 11 is 0. The number of rotatable bonds is 2. The normalized spacial score (nSPS) is 18.6. The van der Waals surface area contributed by atoms with Crippen molar-refractivity contribution < 1.29 is 0 Å². The third-order valence-electron chi connectivity index (χ3n) is 2.08. The molecular weight excluding hydrogens is 148 g/mol. The Morgan fingerprint density at radius 1 is 1.42 bits per heavy atom. The molecule has 0 fully saturated rings. The number of allylic oxidation sites excluding steroid dienone is 1. The standard InChI is InChI=1S/C10H16N2/c1-4-9-7-8-11-10(9)12(5-2)6-3/h4,7-8H,5-6H2,1-3H3/b9-4-. The number of likely N-dealkylation sites (N-methyl/N-ethyl adjacent to an activating group) is 1. The highest BCUT2D eigenvalue weighted by Crippen LogP contribution is 2.12. The highest BCUT2D eigenvalue weighted by molar-refractivity contribution is 6.02. The number of hydrogen-bond acceptors (Lipinski definition) is 2. The van der Waals surface area contributed by atoms with Crippen molar-refractivity contribution in [1.29, 1.82) is 0 Å². The average Bonchev–Trinajstić information content (AvgIpc) is 2.55. The fraction of sp³-hybridized carbons (Fsp3) is 0.500. The molecular formula is C10H16N2. The first-order chi connectivity index (χ1) is 5.83. The van der Waals surface area contributed by atoms with Gasteiger partial charge in [-0.05, 0) is 26.8 Å². The lowest BCUT2D eigenvalue weighted by Crippen LogP contribution is -2.30. The van der Waals surface area contributed by atoms with E-state index in [4.69, 9.17) is 0 Å². The molecule has 1 aliphatic heterocycles. The maximum absolute atomic E-state index is 4.32. The molecule has 2 heteroatoms. The summed E-state index contributed by atoms with van der Waals surface area (Å²) in [5, 5.41) is 0. The van der Waals surface area contributed by atoms with Crippen molar-refractivity contribution in [1.82, 2.24) is 4.90 Å². The lowest BCUT2D eigenvalue weighted by atomic mass is 10.2. The lowest BCUT2D eigenvalue weighted by molar-refractivity contribution is 0.467. The average molecular weight is 164 g/mol. The molecule has 0 N–H and O–H groups in total. The van der Waals surface area contributed by atoms with Crippen molar-refractivity contribution in [2.24, 2.45) is 4.99 Å². The summed E-state index contributed by atoms with van der Waals surface area (Å²) in [4.78, 5) is 6.58. The van der Waals surface area contributed by atoms with Crippen LogP contribution in [0.2, 0.25) is 0 Å². The van der Waals surface area contributed by atoms with Gasteiger partial charge in [0.1, 0.15) is 5.84 Å². The Balaban J connectivity index is 2.76. The van der Waals surface area contributed by atoms with Gasteiger partial charge >= 0.3 is 0 Å². The van der Waals surface area contributed by atoms with Gasteiger partial charge in [0.15, 0.2) is 0 Å². The third kappa shape index (κ3) is 1.58. The summed E-state index contributed by atoms with van der Waals surface area (Å²) < 4.78 is 0. The first-order valence-electron chi connectivity index (χ1n) is 4.49. The molecule has 2 nitrogen and oxygen atoms in total. The van der Waals surface area contributed by atoms with Gasteiger partial charge in [0.05, 0.1) is 0 Å². The Hall–Kier alpha value is -1.05. The molecule has 0 radical (unpaired) electrons. The van der Waals surface area contributed by atoms with E-state index in [1.165, 1.54) is 5.57 Å². The lowest BCUT2D eigenvalue weighted by Gasteiger charge is -2.21. The molecule has 0 spiro atoms. The maximum Gasteiger partial charge on any atom is 0.135 e. The van der Waals surface area contributed by atoms with Crippen LogP contribution in [0.1, 0.15) is 20.8 Å². The molecule has 0 aromatic carbocycles. The second-order valence-electron chi connectivity index (χ2n) is 2.68. The van der Waals surface area contributed by atoms with Crippen LogP contribution in [0.3, 0.4) is 0 Å². The van der Waals surface area contributed by atoms with E-state index in [9.17, 15) is 0 Å². The van der Waals surface area contributed by atoms with Gasteiger partial charge in [-0.3, -0.25) is 0 Å². The largest absolute Gasteiger partial charge is 0.357 e. The van der Waals surface area contributed by atoms with Crippen LogP contribution in [0.4, 0.5) is 0 Å². The zero-order valence-corrected chi connectivity index (χ0v) is 8.04. The van der Waals surface area contributed by atoms with Gasteiger partial charge in [-0.15, -0.1) is 0 Å². The molecule has 0 amide bonds. The number of hydrogen-bond donors (Lipinski definition) is 0. The van der Waals surface area contributed by atoms with Crippen LogP contribution in [0.15, 0.2) is 28.9 Å². The molecule has 0 aliphatic carbocycles. The monoisotopic (exact) mass is 164 g/mol. The fourth-order valence-corrected chi connectivity index (χ4v) is 1.35. The zero-order valence-electron chi connectivity index (χ0n) is 8.04. The van der Waals surface area contributed by atoms with Crippen molar-refractivity contribution in [2.45, 2.75) is 20.8 Å². The zero-order chi connectivity index (χ0) is 8.97. The highest BCUT2D eigenvalue weighted by Gasteiger charge is 2.12. The van der Waals surface area contributed by atoms with E-state index in [2.05, 4.69) is 29.8 Å². The Morgan fingerprint density at radius 3 is 2.58 bits per heavy atom. The Kier molecular flexibility index (Phi) is 3.09. The van der Waals surface area contributed by atoms with E-state index in [1.807, 2.05) is 19.2 Å². The van der Waals surface area contributed by atoms with E-state index in [-0.39, 0.29) is 0 Å². The van der Waals surface area contributed by atoms with Crippen LogP contribution in [-0.4, -0.2) is 23.8 Å². The summed E-state index contributed by atoms with van der Waals surface area (Å²) in [5.41, 5.74) is 1.23. The van der Waals surface area contributed by atoms with Crippen LogP contribution in [0, 0.1) is 0 Å². The molecule has 0 aromatic rings. The second-order valence-corrected chi connectivity index (χ2v) is 2.68. The second kappa shape index (κ2) is 4.10. The van der Waals surface area contributed by atoms with E-state index in [0.717, 1.165) is 18.9 Å². The fourth-order valence-electron chi connectivity index (χ4n) is 1.35. The van der Waals surface area contributed by atoms with Crippen LogP contribution >= 0.6 is 0 Å². The molecule has 1 rings (SSSR count). The van der Waals surface area contributed by atoms with E-state index in [0.29, 0.717) is 0 Å². The number of nitrogens with zero attached hydrogens (tertiary/aromatic N) is 2. The highest BCUT2D eigenvalue weighted by atomic mass is 15.2. The van der Waals surface area contributed by atoms with Crippen LogP contribution in [-0.2, 0) is 0 Å². The summed E-state index contributed by atoms with van der Waals surface area (Å²) in [6, 6.07) is 0. The van der Waals surface area contributed by atoms with Gasteiger partial charge in [0, 0.05) is 24.9 Å². The van der Waals surface area contributed by atoms with Crippen molar-refractivity contribution in [2.75, 3.05) is 13.1 Å². The van der Waals surface area contributed by atoms with E-state index >= 15 is 0 Å². The molecule has 0 bridgehead atoms. The summed E-state index contributed by atoms with van der Waals surface area (Å²) in [7, 11) is 0. The summed E-state index contributed by atoms with van der Waals surface area (Å²) in [5.74, 6) is 1.11. The first kappa shape index (κ1) is 9.04. The Labute approximate surface area is 74.3 Å². The molecule has 0 saturated heterocycles. The molecule has 0 saturated carbocycles. The minimum atomic E-state index is 1.02. The number of amidine groups is 1. The smallest absolute Gasteiger partial charge is 0.135 e. The van der Waals surface area contributed by atoms with Crippen LogP contribution in [0.5, 0.6) is 0 Å². The molecule has 0 atom stereocenters. The predicted molar refractivity (Wildman–Crippen MR) is 53.3 cm³/mol. The van der Waals surface area contributed by atoms with Gasteiger partial charge in [-0.2, -0.15) is 0 Å². The van der Waals surface area contributed by atoms with Gasteiger partial charge < -0.3 is 4.90 Å². The van der Waals surface area contributed by atoms with Crippen molar-refractivity contribution in [3.05, 3.63) is 23.9 Å². The van der Waals surface area contributed by atoms with Gasteiger partial charge in [-0.1, -0.05) is 6.08 Å². The SMILES string of the molecule is C/C=C1/C=CN=C1N(CC)CC. The van der Waals surface area contributed by atoms with Crippen LogP contribution in [0.25, 0.3) is 0 Å². The molecule has 12 heavy (non-hydrogen) atoms. The Morgan fingerprint density at radius 2 is 2.08 bits per heavy atom. The van der Waals surface area contributed by atoms with Crippen LogP contribution < -0.4 is 0 Å². The van der Waals surface area contributed by atoms with E-state index < -0.39 is 0 Å². The molecule has 0 unspecified atom stereocenters. The molecule has 0 aromatic heterocycles. The molecule has 1 aliphatic rings. The first-order valence-corrected chi connectivity index (χ1v) is 4.49. The van der Waals surface area contributed by atoms with Gasteiger partial charge in [0.2, 0.25) is 0 Å². The minimum Gasteiger partial charge on any atom is -0.357 e. The predicted octanol–water partition coefficient (Wildman–Crippen LogP) is 2.20. The van der Waals surface area contributed by atoms with Crippen molar-refractivity contribution >= 4 is 5.84 Å². The molecule has 66 valence electrons. The summed E-state index contributed by atoms with van der Waals surface area (Å²) in [6.07, 6.45) is 6.01. The minimum absolute atomic E-state index is 1.02. The quantitative estimate of drug-likeness (QED) is 0.611. The Bertz CT molecular complexity index is 232. The maximum atomic E-state index is 4.32. The van der Waals surface area contributed by atoms with Crippen molar-refractivity contribution in [3.63, 3.8) is 0 Å². The van der Waals surface area contributed by atoms with E-state index in [1.54, 1.807) is 0 Å². The summed E-state index contributed by atoms with van der Waals surface area (Å²) in [6.45, 7) is 8.39. The number of aliphatic imine (C=N–C) groups is 1. The van der Waals surface area contributed by atoms with Gasteiger partial charge in [0.25, 0.3) is 0 Å². The van der Waals surface area contributed by atoms with Gasteiger partial charge in [-0.25, -0.2) is 4.99 Å². The third-order valence-corrected chi connectivity index (χ3v) is 2.08. The topological polar surface area (TPSA) is 15.6 Å².